The summed E-state index contributed by atoms with van der Waals surface area (Å²) >= 11 is 0. The molecule has 0 radical (unpaired) electrons. The number of halogens is 1. The SMILES string of the molecule is CN1C(=O)[C@@H]2CCCN2c2nc(NCc3ccc(NC(=O)c4ccc(F)cc4)cc3)ncc21.S. The topological polar surface area (TPSA) is 90.5 Å². The van der Waals surface area contributed by atoms with Crippen LogP contribution in [0, 0.1) is 5.82 Å². The third-order valence-electron chi connectivity index (χ3n) is 6.02. The van der Waals surface area contributed by atoms with E-state index in [9.17, 15) is 14.0 Å². The van der Waals surface area contributed by atoms with E-state index in [1.807, 2.05) is 24.3 Å². The Hall–Kier alpha value is -3.66. The van der Waals surface area contributed by atoms with Gasteiger partial charge in [0.1, 0.15) is 17.5 Å². The Morgan fingerprint density at radius 3 is 2.62 bits per heavy atom. The predicted molar refractivity (Wildman–Crippen MR) is 134 cm³/mol. The van der Waals surface area contributed by atoms with Crippen molar-refractivity contribution in [2.75, 3.05) is 34.0 Å². The molecule has 2 aromatic carbocycles. The summed E-state index contributed by atoms with van der Waals surface area (Å²) in [4.78, 5) is 37.6. The molecule has 0 bridgehead atoms. The molecule has 3 heterocycles. The standard InChI is InChI=1S/C24H23FN6O2.H2S/c1-30-20-14-27-24(29-21(20)31-12-2-3-19(31)23(30)33)26-13-15-4-10-18(11-5-15)28-22(32)16-6-8-17(25)9-7-16;/h4-11,14,19H,2-3,12-13H2,1H3,(H,28,32)(H,26,27,29);1H2/t19-;/m0./s1. The van der Waals surface area contributed by atoms with Crippen molar-refractivity contribution in [2.45, 2.75) is 25.4 Å². The molecule has 1 saturated heterocycles. The van der Waals surface area contributed by atoms with Gasteiger partial charge in [-0.2, -0.15) is 18.5 Å². The van der Waals surface area contributed by atoms with Gasteiger partial charge in [0, 0.05) is 31.4 Å². The minimum Gasteiger partial charge on any atom is -0.350 e. The van der Waals surface area contributed by atoms with Gasteiger partial charge in [0.05, 0.1) is 6.20 Å². The molecule has 1 fully saturated rings. The summed E-state index contributed by atoms with van der Waals surface area (Å²) in [5.74, 6) is 0.696. The first-order valence-electron chi connectivity index (χ1n) is 10.8. The predicted octanol–water partition coefficient (Wildman–Crippen LogP) is 3.54. The average molecular weight is 481 g/mol. The number of rotatable bonds is 5. The van der Waals surface area contributed by atoms with Gasteiger partial charge in [-0.05, 0) is 54.8 Å². The Labute approximate surface area is 203 Å². The number of likely N-dealkylation sites (N-methyl/N-ethyl adjacent to an activating group) is 1. The highest BCUT2D eigenvalue weighted by Crippen LogP contribution is 2.37. The lowest BCUT2D eigenvalue weighted by Crippen LogP contribution is -2.49. The van der Waals surface area contributed by atoms with Crippen LogP contribution < -0.4 is 20.4 Å². The minimum absolute atomic E-state index is 0. The Bertz CT molecular complexity index is 1210. The number of nitrogens with one attached hydrogen (secondary N) is 2. The van der Waals surface area contributed by atoms with Crippen LogP contribution in [0.5, 0.6) is 0 Å². The van der Waals surface area contributed by atoms with E-state index in [2.05, 4.69) is 25.5 Å². The van der Waals surface area contributed by atoms with E-state index >= 15 is 0 Å². The molecule has 3 aromatic rings. The second-order valence-electron chi connectivity index (χ2n) is 8.16. The summed E-state index contributed by atoms with van der Waals surface area (Å²) in [6, 6.07) is 12.7. The number of amides is 2. The van der Waals surface area contributed by atoms with Crippen molar-refractivity contribution in [2.24, 2.45) is 0 Å². The van der Waals surface area contributed by atoms with Gasteiger partial charge in [0.15, 0.2) is 5.82 Å². The van der Waals surface area contributed by atoms with Gasteiger partial charge in [0.2, 0.25) is 11.9 Å². The van der Waals surface area contributed by atoms with E-state index in [1.165, 1.54) is 24.3 Å². The van der Waals surface area contributed by atoms with Crippen LogP contribution in [0.15, 0.2) is 54.7 Å². The number of anilines is 4. The third-order valence-corrected chi connectivity index (χ3v) is 6.02. The highest BCUT2D eigenvalue weighted by molar-refractivity contribution is 7.59. The molecular weight excluding hydrogens is 455 g/mol. The molecule has 34 heavy (non-hydrogen) atoms. The van der Waals surface area contributed by atoms with Crippen LogP contribution in [0.2, 0.25) is 0 Å². The summed E-state index contributed by atoms with van der Waals surface area (Å²) in [6.07, 6.45) is 3.51. The van der Waals surface area contributed by atoms with Gasteiger partial charge >= 0.3 is 0 Å². The maximum atomic E-state index is 13.0. The first-order chi connectivity index (χ1) is 16.0. The van der Waals surface area contributed by atoms with E-state index < -0.39 is 0 Å². The summed E-state index contributed by atoms with van der Waals surface area (Å²) in [5.41, 5.74) is 2.75. The fourth-order valence-corrected chi connectivity index (χ4v) is 4.21. The summed E-state index contributed by atoms with van der Waals surface area (Å²) < 4.78 is 13.0. The van der Waals surface area contributed by atoms with Crippen molar-refractivity contribution in [3.05, 3.63) is 71.7 Å². The molecule has 1 atom stereocenters. The van der Waals surface area contributed by atoms with E-state index in [-0.39, 0.29) is 37.2 Å². The fourth-order valence-electron chi connectivity index (χ4n) is 4.21. The number of nitrogens with zero attached hydrogens (tertiary/aromatic N) is 4. The van der Waals surface area contributed by atoms with E-state index in [0.29, 0.717) is 23.7 Å². The number of carbonyl (C=O) groups is 2. The zero-order valence-electron chi connectivity index (χ0n) is 18.6. The lowest BCUT2D eigenvalue weighted by molar-refractivity contribution is -0.119. The molecule has 176 valence electrons. The van der Waals surface area contributed by atoms with Crippen LogP contribution in [0.25, 0.3) is 0 Å². The largest absolute Gasteiger partial charge is 0.350 e. The lowest BCUT2D eigenvalue weighted by atomic mass is 10.1. The third kappa shape index (κ3) is 4.54. The van der Waals surface area contributed by atoms with Gasteiger partial charge in [-0.1, -0.05) is 12.1 Å². The van der Waals surface area contributed by atoms with Crippen molar-refractivity contribution < 1.29 is 14.0 Å². The summed E-state index contributed by atoms with van der Waals surface area (Å²) in [7, 11) is 1.77. The molecule has 10 heteroatoms. The number of carbonyl (C=O) groups excluding carboxylic acids is 2. The van der Waals surface area contributed by atoms with Crippen LogP contribution in [-0.2, 0) is 11.3 Å². The summed E-state index contributed by atoms with van der Waals surface area (Å²) in [6.45, 7) is 1.32. The molecule has 0 saturated carbocycles. The molecule has 2 aliphatic rings. The first-order valence-corrected chi connectivity index (χ1v) is 10.8. The van der Waals surface area contributed by atoms with Gasteiger partial charge in [0.25, 0.3) is 5.91 Å². The maximum absolute atomic E-state index is 13.0. The van der Waals surface area contributed by atoms with Crippen LogP contribution >= 0.6 is 13.5 Å². The second-order valence-corrected chi connectivity index (χ2v) is 8.16. The van der Waals surface area contributed by atoms with Crippen LogP contribution in [0.4, 0.5) is 27.5 Å². The molecule has 0 unspecified atom stereocenters. The van der Waals surface area contributed by atoms with Crippen LogP contribution in [0.3, 0.4) is 0 Å². The van der Waals surface area contributed by atoms with Crippen molar-refractivity contribution >= 4 is 48.5 Å². The number of fused-ring (bicyclic) bond motifs is 3. The molecule has 2 aliphatic heterocycles. The molecular formula is C24H25FN6O2S. The molecule has 8 nitrogen and oxygen atoms in total. The highest BCUT2D eigenvalue weighted by Gasteiger charge is 2.40. The Morgan fingerprint density at radius 1 is 1.15 bits per heavy atom. The van der Waals surface area contributed by atoms with Crippen LogP contribution in [-0.4, -0.2) is 41.4 Å². The van der Waals surface area contributed by atoms with Gasteiger partial charge in [-0.15, -0.1) is 0 Å². The smallest absolute Gasteiger partial charge is 0.255 e. The number of hydrogen-bond donors (Lipinski definition) is 2. The van der Waals surface area contributed by atoms with Crippen molar-refractivity contribution in [3.63, 3.8) is 0 Å². The zero-order valence-corrected chi connectivity index (χ0v) is 19.6. The van der Waals surface area contributed by atoms with Crippen molar-refractivity contribution in [1.82, 2.24) is 9.97 Å². The van der Waals surface area contributed by atoms with Gasteiger partial charge in [-0.3, -0.25) is 9.59 Å². The molecule has 0 spiro atoms. The van der Waals surface area contributed by atoms with Crippen LogP contribution in [0.1, 0.15) is 28.8 Å². The number of aromatic nitrogens is 2. The summed E-state index contributed by atoms with van der Waals surface area (Å²) in [5, 5.41) is 6.03. The Kier molecular flexibility index (Phi) is 6.69. The first kappa shape index (κ1) is 23.5. The highest BCUT2D eigenvalue weighted by atomic mass is 32.1. The van der Waals surface area contributed by atoms with Crippen molar-refractivity contribution in [1.29, 1.82) is 0 Å². The fraction of sp³-hybridized carbons (Fsp3) is 0.250. The Morgan fingerprint density at radius 2 is 1.88 bits per heavy atom. The molecule has 5 rings (SSSR count). The molecule has 0 aliphatic carbocycles. The van der Waals surface area contributed by atoms with E-state index in [4.69, 9.17) is 0 Å². The minimum atomic E-state index is -0.382. The molecule has 2 N–H and O–H groups in total. The van der Waals surface area contributed by atoms with Gasteiger partial charge < -0.3 is 20.4 Å². The van der Waals surface area contributed by atoms with E-state index in [1.54, 1.807) is 18.1 Å². The molecule has 1 aromatic heterocycles. The zero-order chi connectivity index (χ0) is 22.9. The number of hydrogen-bond acceptors (Lipinski definition) is 6. The molecule has 2 amide bonds. The monoisotopic (exact) mass is 480 g/mol. The average Bonchev–Trinajstić information content (AvgIpc) is 3.33. The van der Waals surface area contributed by atoms with Crippen molar-refractivity contribution in [3.8, 4) is 0 Å². The maximum Gasteiger partial charge on any atom is 0.255 e. The van der Waals surface area contributed by atoms with Gasteiger partial charge in [-0.25, -0.2) is 9.37 Å². The lowest BCUT2D eigenvalue weighted by Gasteiger charge is -2.36. The Balaban J connectivity index is 0.00000274. The number of benzene rings is 2. The van der Waals surface area contributed by atoms with E-state index in [0.717, 1.165) is 36.5 Å². The quantitative estimate of drug-likeness (QED) is 0.581. The normalized spacial score (nSPS) is 16.4. The second kappa shape index (κ2) is 9.68.